The Hall–Kier alpha value is -2.40. The second-order valence-electron chi connectivity index (χ2n) is 9.48. The van der Waals surface area contributed by atoms with Crippen LogP contribution >= 0.6 is 0 Å². The normalized spacial score (nSPS) is 18.4. The van der Waals surface area contributed by atoms with Crippen LogP contribution in [0.1, 0.15) is 38.3 Å². The van der Waals surface area contributed by atoms with Gasteiger partial charge < -0.3 is 4.74 Å². The van der Waals surface area contributed by atoms with E-state index in [1.165, 1.54) is 10.1 Å². The quantitative estimate of drug-likeness (QED) is 0.672. The summed E-state index contributed by atoms with van der Waals surface area (Å²) in [6.07, 6.45) is -0.208. The molecule has 2 aromatic carbocycles. The summed E-state index contributed by atoms with van der Waals surface area (Å²) in [6.45, 7) is 11.0. The van der Waals surface area contributed by atoms with Crippen LogP contribution in [0, 0.1) is 5.41 Å². The van der Waals surface area contributed by atoms with Crippen LogP contribution in [0.5, 0.6) is 0 Å². The number of hydrogen-bond donors (Lipinski definition) is 0. The minimum absolute atomic E-state index is 0.0626. The van der Waals surface area contributed by atoms with E-state index in [0.717, 1.165) is 5.56 Å². The largest absolute Gasteiger partial charge is 0.447 e. The summed E-state index contributed by atoms with van der Waals surface area (Å²) < 4.78 is 5.26. The lowest BCUT2D eigenvalue weighted by Crippen LogP contribution is -2.51. The Morgan fingerprint density at radius 2 is 1.62 bits per heavy atom. The molecule has 0 aliphatic carbocycles. The van der Waals surface area contributed by atoms with Crippen LogP contribution in [0.2, 0.25) is 13.1 Å². The average Bonchev–Trinajstić information content (AvgIpc) is 3.09. The number of carbonyl (C=O) groups is 2. The van der Waals surface area contributed by atoms with Crippen LogP contribution < -0.4 is 5.19 Å². The molecule has 3 rings (SSSR count). The first-order chi connectivity index (χ1) is 13.6. The highest BCUT2D eigenvalue weighted by Crippen LogP contribution is 2.34. The molecule has 0 N–H and O–H groups in total. The van der Waals surface area contributed by atoms with Gasteiger partial charge >= 0.3 is 6.09 Å². The molecule has 2 amide bonds. The predicted molar refractivity (Wildman–Crippen MR) is 119 cm³/mol. The number of amides is 2. The van der Waals surface area contributed by atoms with E-state index in [9.17, 15) is 9.59 Å². The highest BCUT2D eigenvalue weighted by atomic mass is 28.3. The third-order valence-corrected chi connectivity index (χ3v) is 10.2. The van der Waals surface area contributed by atoms with Gasteiger partial charge in [0.25, 0.3) is 0 Å². The Morgan fingerprint density at radius 3 is 2.17 bits per heavy atom. The molecule has 1 fully saturated rings. The first kappa shape index (κ1) is 21.3. The van der Waals surface area contributed by atoms with Crippen molar-refractivity contribution in [3.05, 3.63) is 66.2 Å². The van der Waals surface area contributed by atoms with Gasteiger partial charge in [0.05, 0.1) is 14.1 Å². The maximum absolute atomic E-state index is 13.4. The molecular formula is C24H31NO3Si. The number of nitrogens with zero attached hydrogens (tertiary/aromatic N) is 1. The second kappa shape index (κ2) is 8.15. The van der Waals surface area contributed by atoms with Crippen LogP contribution in [0.15, 0.2) is 60.7 Å². The van der Waals surface area contributed by atoms with Crippen molar-refractivity contribution in [2.75, 3.05) is 6.61 Å². The predicted octanol–water partition coefficient (Wildman–Crippen LogP) is 4.71. The van der Waals surface area contributed by atoms with Crippen molar-refractivity contribution in [3.8, 4) is 0 Å². The van der Waals surface area contributed by atoms with Crippen molar-refractivity contribution in [2.24, 2.45) is 5.41 Å². The molecule has 1 heterocycles. The smallest absolute Gasteiger partial charge is 0.416 e. The zero-order valence-electron chi connectivity index (χ0n) is 18.0. The molecule has 0 saturated carbocycles. The van der Waals surface area contributed by atoms with E-state index < -0.39 is 14.2 Å². The van der Waals surface area contributed by atoms with Crippen molar-refractivity contribution in [1.29, 1.82) is 0 Å². The van der Waals surface area contributed by atoms with E-state index in [4.69, 9.17) is 4.74 Å². The van der Waals surface area contributed by atoms with Crippen LogP contribution in [-0.4, -0.2) is 37.6 Å². The van der Waals surface area contributed by atoms with E-state index in [1.807, 2.05) is 45.0 Å². The summed E-state index contributed by atoms with van der Waals surface area (Å²) >= 11 is 0. The van der Waals surface area contributed by atoms with E-state index in [-0.39, 0.29) is 29.5 Å². The number of carbonyl (C=O) groups excluding carboxylic acids is 2. The van der Waals surface area contributed by atoms with Crippen LogP contribution in [0.3, 0.4) is 0 Å². The number of cyclic esters (lactones) is 1. The number of hydrogen-bond acceptors (Lipinski definition) is 3. The summed E-state index contributed by atoms with van der Waals surface area (Å²) in [5, 5.41) is 1.30. The Morgan fingerprint density at radius 1 is 1.07 bits per heavy atom. The summed E-state index contributed by atoms with van der Waals surface area (Å²) in [5.41, 5.74) is 0.991. The standard InChI is InChI=1S/C24H31NO3Si/c1-24(2,3)21-17-28-23(27)25(21)22(26)16-20(18-12-8-6-9-13-18)29(4,5)19-14-10-7-11-15-19/h6-15,20-21H,16-17H2,1-5H3/t20-,21+/m0/s1. The average molecular weight is 410 g/mol. The van der Waals surface area contributed by atoms with Gasteiger partial charge in [-0.1, -0.05) is 99.7 Å². The molecule has 5 heteroatoms. The molecule has 0 aromatic heterocycles. The van der Waals surface area contributed by atoms with Gasteiger partial charge in [0.1, 0.15) is 6.61 Å². The summed E-state index contributed by atoms with van der Waals surface area (Å²) in [6, 6.07) is 20.4. The Bertz CT molecular complexity index is 859. The molecule has 0 radical (unpaired) electrons. The summed E-state index contributed by atoms with van der Waals surface area (Å²) in [4.78, 5) is 27.2. The zero-order valence-corrected chi connectivity index (χ0v) is 19.0. The second-order valence-corrected chi connectivity index (χ2v) is 14.2. The van der Waals surface area contributed by atoms with E-state index >= 15 is 0 Å². The van der Waals surface area contributed by atoms with Gasteiger partial charge in [0.2, 0.25) is 5.91 Å². The molecule has 2 atom stereocenters. The van der Waals surface area contributed by atoms with E-state index in [0.29, 0.717) is 6.42 Å². The van der Waals surface area contributed by atoms with Crippen molar-refractivity contribution >= 4 is 25.3 Å². The fraction of sp³-hybridized carbons (Fsp3) is 0.417. The molecule has 29 heavy (non-hydrogen) atoms. The SMILES string of the molecule is CC(C)(C)[C@H]1COC(=O)N1C(=O)C[C@@H](c1ccccc1)[Si](C)(C)c1ccccc1. The van der Waals surface area contributed by atoms with Gasteiger partial charge in [-0.05, 0) is 16.5 Å². The third kappa shape index (κ3) is 4.45. The lowest BCUT2D eigenvalue weighted by molar-refractivity contribution is -0.130. The number of rotatable bonds is 5. The van der Waals surface area contributed by atoms with E-state index in [2.05, 4.69) is 49.5 Å². The molecule has 2 aromatic rings. The fourth-order valence-electron chi connectivity index (χ4n) is 4.15. The van der Waals surface area contributed by atoms with Gasteiger partial charge in [-0.15, -0.1) is 0 Å². The minimum Gasteiger partial charge on any atom is -0.447 e. The summed E-state index contributed by atoms with van der Waals surface area (Å²) in [7, 11) is -2.05. The monoisotopic (exact) mass is 409 g/mol. The van der Waals surface area contributed by atoms with Gasteiger partial charge in [0, 0.05) is 6.42 Å². The highest BCUT2D eigenvalue weighted by Gasteiger charge is 2.46. The van der Waals surface area contributed by atoms with Crippen molar-refractivity contribution in [3.63, 3.8) is 0 Å². The van der Waals surface area contributed by atoms with Crippen LogP contribution in [0.4, 0.5) is 4.79 Å². The Balaban J connectivity index is 1.96. The maximum Gasteiger partial charge on any atom is 0.416 e. The number of benzene rings is 2. The Kier molecular flexibility index (Phi) is 5.99. The zero-order chi connectivity index (χ0) is 21.2. The minimum atomic E-state index is -2.05. The van der Waals surface area contributed by atoms with Crippen molar-refractivity contribution in [2.45, 2.75) is 51.9 Å². The van der Waals surface area contributed by atoms with Crippen molar-refractivity contribution < 1.29 is 14.3 Å². The maximum atomic E-state index is 13.4. The molecule has 1 aliphatic heterocycles. The number of ether oxygens (including phenoxy) is 1. The van der Waals surface area contributed by atoms with Crippen molar-refractivity contribution in [1.82, 2.24) is 4.90 Å². The van der Waals surface area contributed by atoms with E-state index in [1.54, 1.807) is 0 Å². The first-order valence-corrected chi connectivity index (χ1v) is 13.3. The molecule has 0 spiro atoms. The van der Waals surface area contributed by atoms with Gasteiger partial charge in [-0.3, -0.25) is 4.79 Å². The third-order valence-electron chi connectivity index (χ3n) is 6.11. The van der Waals surface area contributed by atoms with Crippen LogP contribution in [0.25, 0.3) is 0 Å². The first-order valence-electron chi connectivity index (χ1n) is 10.2. The molecule has 1 saturated heterocycles. The molecule has 154 valence electrons. The van der Waals surface area contributed by atoms with Gasteiger partial charge in [-0.25, -0.2) is 9.69 Å². The summed E-state index contributed by atoms with van der Waals surface area (Å²) in [5.74, 6) is -0.141. The lowest BCUT2D eigenvalue weighted by Gasteiger charge is -2.36. The Labute approximate surface area is 174 Å². The fourth-order valence-corrected chi connectivity index (χ4v) is 7.32. The molecule has 0 unspecified atom stereocenters. The lowest BCUT2D eigenvalue weighted by atomic mass is 9.86. The topological polar surface area (TPSA) is 46.6 Å². The molecule has 1 aliphatic rings. The molecular weight excluding hydrogens is 378 g/mol. The van der Waals surface area contributed by atoms with Gasteiger partial charge in [0.15, 0.2) is 0 Å². The highest BCUT2D eigenvalue weighted by molar-refractivity contribution is 6.91. The van der Waals surface area contributed by atoms with Crippen LogP contribution in [-0.2, 0) is 9.53 Å². The molecule has 0 bridgehead atoms. The number of imide groups is 1. The molecule has 4 nitrogen and oxygen atoms in total. The van der Waals surface area contributed by atoms with Gasteiger partial charge in [-0.2, -0.15) is 0 Å².